The monoisotopic (exact) mass is 232 g/mol. The van der Waals surface area contributed by atoms with Crippen molar-refractivity contribution in [2.24, 2.45) is 0 Å². The van der Waals surface area contributed by atoms with Crippen molar-refractivity contribution in [3.05, 3.63) is 34.5 Å². The molecule has 1 unspecified atom stereocenters. The molecule has 3 rings (SSSR count). The van der Waals surface area contributed by atoms with Crippen LogP contribution in [-0.2, 0) is 4.79 Å². The molecule has 2 N–H and O–H groups in total. The predicted octanol–water partition coefficient (Wildman–Crippen LogP) is 0.0162. The Morgan fingerprint density at radius 1 is 1.41 bits per heavy atom. The van der Waals surface area contributed by atoms with Gasteiger partial charge in [0.15, 0.2) is 0 Å². The van der Waals surface area contributed by atoms with E-state index in [1.54, 1.807) is 12.3 Å². The van der Waals surface area contributed by atoms with E-state index >= 15 is 0 Å². The summed E-state index contributed by atoms with van der Waals surface area (Å²) in [7, 11) is 0. The summed E-state index contributed by atoms with van der Waals surface area (Å²) in [6, 6.07) is 3.53. The number of aromatic amines is 1. The van der Waals surface area contributed by atoms with Gasteiger partial charge in [-0.15, -0.1) is 0 Å². The SMILES string of the molecule is O=C1CCNC(c2cc3ccnn3c(=O)[nH]2)C1. The Hall–Kier alpha value is -1.95. The van der Waals surface area contributed by atoms with Crippen LogP contribution in [0.25, 0.3) is 5.52 Å². The number of H-pyrrole nitrogens is 1. The number of carbonyl (C=O) groups is 1. The van der Waals surface area contributed by atoms with E-state index in [2.05, 4.69) is 15.4 Å². The zero-order chi connectivity index (χ0) is 11.8. The lowest BCUT2D eigenvalue weighted by atomic mass is 10.0. The van der Waals surface area contributed by atoms with Gasteiger partial charge in [0, 0.05) is 25.1 Å². The Labute approximate surface area is 96.6 Å². The van der Waals surface area contributed by atoms with Crippen LogP contribution in [-0.4, -0.2) is 26.9 Å². The Morgan fingerprint density at radius 3 is 3.12 bits per heavy atom. The van der Waals surface area contributed by atoms with Crippen molar-refractivity contribution in [2.45, 2.75) is 18.9 Å². The summed E-state index contributed by atoms with van der Waals surface area (Å²) in [5.41, 5.74) is 1.21. The molecule has 0 saturated carbocycles. The normalized spacial score (nSPS) is 20.9. The number of fused-ring (bicyclic) bond motifs is 1. The standard InChI is InChI=1S/C11H12N4O2/c16-8-2-3-12-9(6-8)10-5-7-1-4-13-15(7)11(17)14-10/h1,4-5,9,12H,2-3,6H2,(H,14,17). The van der Waals surface area contributed by atoms with Gasteiger partial charge in [-0.1, -0.05) is 0 Å². The van der Waals surface area contributed by atoms with Gasteiger partial charge in [-0.05, 0) is 12.1 Å². The van der Waals surface area contributed by atoms with Crippen molar-refractivity contribution < 1.29 is 4.79 Å². The van der Waals surface area contributed by atoms with Gasteiger partial charge in [-0.2, -0.15) is 9.61 Å². The number of ketones is 1. The third-order valence-electron chi connectivity index (χ3n) is 3.02. The molecule has 1 fully saturated rings. The first-order valence-corrected chi connectivity index (χ1v) is 5.56. The van der Waals surface area contributed by atoms with Crippen LogP contribution in [0.15, 0.2) is 23.1 Å². The van der Waals surface area contributed by atoms with Crippen molar-refractivity contribution in [3.63, 3.8) is 0 Å². The number of hydrogen-bond acceptors (Lipinski definition) is 4. The van der Waals surface area contributed by atoms with E-state index in [1.165, 1.54) is 4.52 Å². The lowest BCUT2D eigenvalue weighted by Crippen LogP contribution is -2.34. The summed E-state index contributed by atoms with van der Waals surface area (Å²) in [5.74, 6) is 0.225. The van der Waals surface area contributed by atoms with Gasteiger partial charge in [-0.3, -0.25) is 4.79 Å². The molecule has 0 aliphatic carbocycles. The van der Waals surface area contributed by atoms with Crippen molar-refractivity contribution in [3.8, 4) is 0 Å². The van der Waals surface area contributed by atoms with Crippen LogP contribution in [0.5, 0.6) is 0 Å². The van der Waals surface area contributed by atoms with Crippen LogP contribution in [0.1, 0.15) is 24.6 Å². The summed E-state index contributed by atoms with van der Waals surface area (Å²) < 4.78 is 1.30. The highest BCUT2D eigenvalue weighted by atomic mass is 16.1. The zero-order valence-electron chi connectivity index (χ0n) is 9.14. The first-order chi connectivity index (χ1) is 8.24. The second kappa shape index (κ2) is 3.81. The average Bonchev–Trinajstić information content (AvgIpc) is 2.77. The first-order valence-electron chi connectivity index (χ1n) is 5.56. The van der Waals surface area contributed by atoms with Crippen LogP contribution in [0.2, 0.25) is 0 Å². The molecule has 6 heteroatoms. The minimum absolute atomic E-state index is 0.0937. The highest BCUT2D eigenvalue weighted by Gasteiger charge is 2.21. The van der Waals surface area contributed by atoms with Gasteiger partial charge in [0.1, 0.15) is 5.78 Å². The molecule has 1 aliphatic rings. The van der Waals surface area contributed by atoms with Crippen LogP contribution in [0.4, 0.5) is 0 Å². The molecule has 1 saturated heterocycles. The van der Waals surface area contributed by atoms with Gasteiger partial charge < -0.3 is 10.3 Å². The number of nitrogens with one attached hydrogen (secondary N) is 2. The Kier molecular flexibility index (Phi) is 2.29. The quantitative estimate of drug-likeness (QED) is 0.726. The van der Waals surface area contributed by atoms with Gasteiger partial charge in [-0.25, -0.2) is 4.79 Å². The number of nitrogens with zero attached hydrogens (tertiary/aromatic N) is 2. The van der Waals surface area contributed by atoms with E-state index in [4.69, 9.17) is 0 Å². The van der Waals surface area contributed by atoms with Crippen molar-refractivity contribution in [2.75, 3.05) is 6.54 Å². The minimum Gasteiger partial charge on any atom is -0.308 e. The molecular formula is C11H12N4O2. The number of carbonyl (C=O) groups excluding carboxylic acids is 1. The summed E-state index contributed by atoms with van der Waals surface area (Å²) in [6.45, 7) is 0.663. The maximum absolute atomic E-state index is 11.7. The molecule has 2 aromatic heterocycles. The molecular weight excluding hydrogens is 220 g/mol. The zero-order valence-corrected chi connectivity index (χ0v) is 9.14. The van der Waals surface area contributed by atoms with E-state index in [0.29, 0.717) is 19.4 Å². The lowest BCUT2D eigenvalue weighted by molar-refractivity contribution is -0.120. The molecule has 1 aliphatic heterocycles. The van der Waals surface area contributed by atoms with Gasteiger partial charge in [0.2, 0.25) is 0 Å². The smallest absolute Gasteiger partial charge is 0.308 e. The maximum Gasteiger partial charge on any atom is 0.346 e. The van der Waals surface area contributed by atoms with E-state index in [1.807, 2.05) is 6.07 Å². The van der Waals surface area contributed by atoms with Gasteiger partial charge in [0.05, 0.1) is 17.8 Å². The second-order valence-corrected chi connectivity index (χ2v) is 4.20. The summed E-state index contributed by atoms with van der Waals surface area (Å²) >= 11 is 0. The molecule has 0 amide bonds. The van der Waals surface area contributed by atoms with E-state index in [0.717, 1.165) is 11.2 Å². The van der Waals surface area contributed by atoms with Crippen molar-refractivity contribution in [1.29, 1.82) is 0 Å². The Balaban J connectivity index is 2.05. The molecule has 0 radical (unpaired) electrons. The van der Waals surface area contributed by atoms with Crippen LogP contribution in [0, 0.1) is 0 Å². The molecule has 0 spiro atoms. The molecule has 3 heterocycles. The van der Waals surface area contributed by atoms with Crippen molar-refractivity contribution >= 4 is 11.3 Å². The van der Waals surface area contributed by atoms with Crippen LogP contribution < -0.4 is 11.0 Å². The molecule has 0 bridgehead atoms. The Bertz CT molecular complexity index is 628. The summed E-state index contributed by atoms with van der Waals surface area (Å²) in [4.78, 5) is 25.9. The summed E-state index contributed by atoms with van der Waals surface area (Å²) in [5, 5.41) is 7.13. The van der Waals surface area contributed by atoms with E-state index in [9.17, 15) is 9.59 Å². The highest BCUT2D eigenvalue weighted by molar-refractivity contribution is 5.80. The largest absolute Gasteiger partial charge is 0.346 e. The fourth-order valence-electron chi connectivity index (χ4n) is 2.16. The number of aromatic nitrogens is 3. The third kappa shape index (κ3) is 1.76. The van der Waals surface area contributed by atoms with Gasteiger partial charge in [0.25, 0.3) is 0 Å². The molecule has 2 aromatic rings. The molecule has 0 aromatic carbocycles. The van der Waals surface area contributed by atoms with Crippen molar-refractivity contribution in [1.82, 2.24) is 19.9 Å². The average molecular weight is 232 g/mol. The van der Waals surface area contributed by atoms with Gasteiger partial charge >= 0.3 is 5.69 Å². The number of rotatable bonds is 1. The first kappa shape index (κ1) is 10.2. The lowest BCUT2D eigenvalue weighted by Gasteiger charge is -2.22. The van der Waals surface area contributed by atoms with E-state index < -0.39 is 0 Å². The Morgan fingerprint density at radius 2 is 2.29 bits per heavy atom. The predicted molar refractivity (Wildman–Crippen MR) is 60.8 cm³/mol. The summed E-state index contributed by atoms with van der Waals surface area (Å²) in [6.07, 6.45) is 2.57. The second-order valence-electron chi connectivity index (χ2n) is 4.20. The number of hydrogen-bond donors (Lipinski definition) is 2. The van der Waals surface area contributed by atoms with Crippen LogP contribution in [0.3, 0.4) is 0 Å². The topological polar surface area (TPSA) is 79.3 Å². The molecule has 1 atom stereocenters. The minimum atomic E-state index is -0.276. The molecule has 17 heavy (non-hydrogen) atoms. The fourth-order valence-corrected chi connectivity index (χ4v) is 2.16. The highest BCUT2D eigenvalue weighted by Crippen LogP contribution is 2.19. The molecule has 6 nitrogen and oxygen atoms in total. The maximum atomic E-state index is 11.7. The van der Waals surface area contributed by atoms with E-state index in [-0.39, 0.29) is 17.5 Å². The molecule has 88 valence electrons. The van der Waals surface area contributed by atoms with Crippen LogP contribution >= 0.6 is 0 Å². The number of piperidine rings is 1. The number of Topliss-reactive ketones (excluding diaryl/α,β-unsaturated/α-hetero) is 1. The third-order valence-corrected chi connectivity index (χ3v) is 3.02. The fraction of sp³-hybridized carbons (Fsp3) is 0.364.